The third-order valence-electron chi connectivity index (χ3n) is 6.33. The van der Waals surface area contributed by atoms with E-state index in [4.69, 9.17) is 9.47 Å². The Morgan fingerprint density at radius 1 is 0.895 bits per heavy atom. The Labute approximate surface area is 216 Å². The number of alkyl halides is 3. The largest absolute Gasteiger partial charge is 0.493 e. The second-order valence-corrected chi connectivity index (χ2v) is 10.4. The van der Waals surface area contributed by atoms with Crippen molar-refractivity contribution in [2.75, 3.05) is 45.3 Å². The number of methoxy groups -OCH3 is 2. The van der Waals surface area contributed by atoms with E-state index in [0.29, 0.717) is 36.2 Å². The lowest BCUT2D eigenvalue weighted by Gasteiger charge is -2.36. The molecule has 200 valence electrons. The van der Waals surface area contributed by atoms with Gasteiger partial charge in [-0.25, -0.2) is 13.4 Å². The van der Waals surface area contributed by atoms with Crippen LogP contribution in [0.1, 0.15) is 5.56 Å². The summed E-state index contributed by atoms with van der Waals surface area (Å²) in [5.74, 6) is 2.15. The monoisotopic (exact) mass is 548 g/mol. The molecule has 4 aromatic rings. The third-order valence-corrected chi connectivity index (χ3v) is 8.25. The first-order chi connectivity index (χ1) is 18.1. The van der Waals surface area contributed by atoms with E-state index < -0.39 is 21.8 Å². The van der Waals surface area contributed by atoms with Crippen LogP contribution in [-0.4, -0.2) is 72.7 Å². The van der Waals surface area contributed by atoms with Crippen molar-refractivity contribution in [1.82, 2.24) is 23.9 Å². The van der Waals surface area contributed by atoms with Crippen molar-refractivity contribution < 1.29 is 31.1 Å². The summed E-state index contributed by atoms with van der Waals surface area (Å²) < 4.78 is 78.6. The average Bonchev–Trinajstić information content (AvgIpc) is 3.41. The van der Waals surface area contributed by atoms with Gasteiger partial charge >= 0.3 is 6.18 Å². The van der Waals surface area contributed by atoms with Crippen molar-refractivity contribution >= 4 is 21.6 Å². The van der Waals surface area contributed by atoms with E-state index in [1.807, 2.05) is 17.0 Å². The number of rotatable bonds is 6. The fourth-order valence-corrected chi connectivity index (χ4v) is 5.81. The predicted octanol–water partition coefficient (Wildman–Crippen LogP) is 3.34. The number of sulfonamides is 1. The van der Waals surface area contributed by atoms with Gasteiger partial charge in [0.2, 0.25) is 10.0 Å². The van der Waals surface area contributed by atoms with E-state index in [-0.39, 0.29) is 18.0 Å². The molecule has 3 heterocycles. The molecule has 0 bridgehead atoms. The lowest BCUT2D eigenvalue weighted by molar-refractivity contribution is -0.137. The lowest BCUT2D eigenvalue weighted by Crippen LogP contribution is -2.49. The number of halogens is 3. The Hall–Kier alpha value is -3.91. The number of fused-ring (bicyclic) bond motifs is 1. The summed E-state index contributed by atoms with van der Waals surface area (Å²) in [7, 11) is -0.894. The minimum atomic E-state index is -4.54. The summed E-state index contributed by atoms with van der Waals surface area (Å²) in [5.41, 5.74) is 0.601. The maximum absolute atomic E-state index is 13.1. The van der Waals surface area contributed by atoms with Gasteiger partial charge in [-0.15, -0.1) is 0 Å². The summed E-state index contributed by atoms with van der Waals surface area (Å²) in [6, 6.07) is 8.97. The number of anilines is 1. The van der Waals surface area contributed by atoms with Crippen LogP contribution in [0.15, 0.2) is 59.9 Å². The molecule has 1 saturated heterocycles. The van der Waals surface area contributed by atoms with Crippen molar-refractivity contribution in [2.45, 2.75) is 11.1 Å². The summed E-state index contributed by atoms with van der Waals surface area (Å²) in [5, 5.41) is 4.32. The molecule has 1 fully saturated rings. The number of piperazine rings is 1. The van der Waals surface area contributed by atoms with Gasteiger partial charge in [0.1, 0.15) is 12.1 Å². The SMILES string of the molecule is COc1ccc(-c2cnc3ncnn3c2N2CCN(S(=O)(=O)c3ccc(C(F)(F)F)cc3)CC2)cc1OC. The molecule has 0 amide bonds. The van der Waals surface area contributed by atoms with Crippen LogP contribution in [0, 0.1) is 0 Å². The van der Waals surface area contributed by atoms with Gasteiger partial charge in [0, 0.05) is 37.9 Å². The molecule has 0 atom stereocenters. The smallest absolute Gasteiger partial charge is 0.416 e. The van der Waals surface area contributed by atoms with Crippen molar-refractivity contribution in [3.05, 3.63) is 60.6 Å². The number of aromatic nitrogens is 4. The fourth-order valence-electron chi connectivity index (χ4n) is 4.38. The van der Waals surface area contributed by atoms with E-state index in [2.05, 4.69) is 15.1 Å². The third kappa shape index (κ3) is 4.60. The van der Waals surface area contributed by atoms with Crippen LogP contribution in [0.2, 0.25) is 0 Å². The van der Waals surface area contributed by atoms with Crippen LogP contribution in [0.25, 0.3) is 16.9 Å². The highest BCUT2D eigenvalue weighted by Crippen LogP contribution is 2.37. The van der Waals surface area contributed by atoms with E-state index in [9.17, 15) is 21.6 Å². The molecule has 14 heteroatoms. The Balaban J connectivity index is 1.44. The maximum atomic E-state index is 13.1. The quantitative estimate of drug-likeness (QED) is 0.362. The normalized spacial score (nSPS) is 15.1. The summed E-state index contributed by atoms with van der Waals surface area (Å²) in [6.45, 7) is 0.846. The molecular weight excluding hydrogens is 525 g/mol. The lowest BCUT2D eigenvalue weighted by atomic mass is 10.1. The Kier molecular flexibility index (Phi) is 6.61. The zero-order valence-electron chi connectivity index (χ0n) is 20.4. The van der Waals surface area contributed by atoms with Crippen molar-refractivity contribution in [2.24, 2.45) is 0 Å². The minimum Gasteiger partial charge on any atom is -0.493 e. The number of hydrogen-bond donors (Lipinski definition) is 0. The number of benzene rings is 2. The maximum Gasteiger partial charge on any atom is 0.416 e. The van der Waals surface area contributed by atoms with Crippen LogP contribution in [-0.2, 0) is 16.2 Å². The molecule has 2 aromatic heterocycles. The molecule has 5 rings (SSSR count). The highest BCUT2D eigenvalue weighted by Gasteiger charge is 2.33. The Bertz CT molecular complexity index is 1570. The van der Waals surface area contributed by atoms with Gasteiger partial charge in [-0.2, -0.15) is 32.1 Å². The van der Waals surface area contributed by atoms with Gasteiger partial charge in [-0.3, -0.25) is 0 Å². The van der Waals surface area contributed by atoms with Crippen LogP contribution in [0.4, 0.5) is 19.0 Å². The molecule has 0 aliphatic carbocycles. The minimum absolute atomic E-state index is 0.118. The van der Waals surface area contributed by atoms with Gasteiger partial charge in [-0.1, -0.05) is 6.07 Å². The zero-order chi connectivity index (χ0) is 27.1. The zero-order valence-corrected chi connectivity index (χ0v) is 21.2. The molecule has 10 nitrogen and oxygen atoms in total. The van der Waals surface area contributed by atoms with Crippen LogP contribution < -0.4 is 14.4 Å². The standard InChI is InChI=1S/C24H23F3N6O4S/c1-36-20-8-3-16(13-21(20)37-2)19-14-28-23-29-15-30-33(23)22(19)31-9-11-32(12-10-31)38(34,35)18-6-4-17(5-7-18)24(25,26)27/h3-8,13-15H,9-12H2,1-2H3. The topological polar surface area (TPSA) is 102 Å². The summed E-state index contributed by atoms with van der Waals surface area (Å²) >= 11 is 0. The highest BCUT2D eigenvalue weighted by atomic mass is 32.2. The molecule has 1 aliphatic rings. The molecule has 2 aromatic carbocycles. The van der Waals surface area contributed by atoms with Gasteiger partial charge in [-0.05, 0) is 42.0 Å². The predicted molar refractivity (Wildman–Crippen MR) is 132 cm³/mol. The molecule has 0 unspecified atom stereocenters. The number of hydrogen-bond acceptors (Lipinski definition) is 8. The van der Waals surface area contributed by atoms with E-state index in [0.717, 1.165) is 35.4 Å². The average molecular weight is 549 g/mol. The van der Waals surface area contributed by atoms with Crippen molar-refractivity contribution in [1.29, 1.82) is 0 Å². The second-order valence-electron chi connectivity index (χ2n) is 8.45. The first kappa shape index (κ1) is 25.7. The molecule has 0 N–H and O–H groups in total. The molecule has 0 spiro atoms. The van der Waals surface area contributed by atoms with Crippen LogP contribution in [0.5, 0.6) is 11.5 Å². The molecule has 0 radical (unpaired) electrons. The molecule has 0 saturated carbocycles. The van der Waals surface area contributed by atoms with Crippen molar-refractivity contribution in [3.63, 3.8) is 0 Å². The molecule has 38 heavy (non-hydrogen) atoms. The summed E-state index contributed by atoms with van der Waals surface area (Å²) in [4.78, 5) is 10.4. The highest BCUT2D eigenvalue weighted by molar-refractivity contribution is 7.89. The van der Waals surface area contributed by atoms with E-state index in [1.54, 1.807) is 23.9 Å². The summed E-state index contributed by atoms with van der Waals surface area (Å²) in [6.07, 6.45) is -1.49. The van der Waals surface area contributed by atoms with Gasteiger partial charge in [0.05, 0.1) is 24.7 Å². The number of nitrogens with zero attached hydrogens (tertiary/aromatic N) is 6. The van der Waals surface area contributed by atoms with Gasteiger partial charge < -0.3 is 14.4 Å². The first-order valence-corrected chi connectivity index (χ1v) is 12.9. The fraction of sp³-hybridized carbons (Fsp3) is 0.292. The van der Waals surface area contributed by atoms with Gasteiger partial charge in [0.15, 0.2) is 11.5 Å². The Morgan fingerprint density at radius 2 is 1.58 bits per heavy atom. The first-order valence-electron chi connectivity index (χ1n) is 11.5. The molecule has 1 aliphatic heterocycles. The van der Waals surface area contributed by atoms with Crippen LogP contribution >= 0.6 is 0 Å². The van der Waals surface area contributed by atoms with Gasteiger partial charge in [0.25, 0.3) is 5.78 Å². The second kappa shape index (κ2) is 9.76. The van der Waals surface area contributed by atoms with E-state index in [1.165, 1.54) is 17.7 Å². The Morgan fingerprint density at radius 3 is 2.21 bits per heavy atom. The molecular formula is C24H23F3N6O4S. The van der Waals surface area contributed by atoms with E-state index >= 15 is 0 Å². The number of ether oxygens (including phenoxy) is 2. The van der Waals surface area contributed by atoms with Crippen LogP contribution in [0.3, 0.4) is 0 Å². The van der Waals surface area contributed by atoms with Crippen molar-refractivity contribution in [3.8, 4) is 22.6 Å².